The first-order valence-electron chi connectivity index (χ1n) is 8.98. The van der Waals surface area contributed by atoms with Crippen LogP contribution >= 0.6 is 0 Å². The molecular weight excluding hydrogens is 334 g/mol. The molecule has 6 nitrogen and oxygen atoms in total. The summed E-state index contributed by atoms with van der Waals surface area (Å²) in [6, 6.07) is 5.50. The first-order valence-corrected chi connectivity index (χ1v) is 8.98. The Morgan fingerprint density at radius 2 is 1.62 bits per heavy atom. The van der Waals surface area contributed by atoms with Crippen LogP contribution in [-0.4, -0.2) is 36.7 Å². The number of aliphatic carboxylic acids is 1. The van der Waals surface area contributed by atoms with Crippen LogP contribution < -0.4 is 14.8 Å². The average molecular weight is 365 g/mol. The summed E-state index contributed by atoms with van der Waals surface area (Å²) in [5.41, 5.74) is -0.859. The lowest BCUT2D eigenvalue weighted by Gasteiger charge is -2.26. The van der Waals surface area contributed by atoms with E-state index >= 15 is 0 Å². The molecule has 0 bridgehead atoms. The Bertz CT molecular complexity index is 637. The molecule has 26 heavy (non-hydrogen) atoms. The van der Waals surface area contributed by atoms with Gasteiger partial charge in [0, 0.05) is 6.54 Å². The van der Waals surface area contributed by atoms with E-state index in [4.69, 9.17) is 14.6 Å². The number of ether oxygens (including phenoxy) is 2. The second-order valence-corrected chi connectivity index (χ2v) is 7.35. The summed E-state index contributed by atoms with van der Waals surface area (Å²) in [5, 5.41) is 12.0. The van der Waals surface area contributed by atoms with E-state index in [1.54, 1.807) is 13.8 Å². The maximum Gasteiger partial charge on any atom is 0.309 e. The minimum Gasteiger partial charge on any atom is -0.490 e. The number of rotatable bonds is 10. The van der Waals surface area contributed by atoms with E-state index in [1.807, 2.05) is 45.9 Å². The van der Waals surface area contributed by atoms with E-state index in [0.717, 1.165) is 5.56 Å². The summed E-state index contributed by atoms with van der Waals surface area (Å²) in [6.07, 6.45) is 0.359. The van der Waals surface area contributed by atoms with Crippen LogP contribution in [0.1, 0.15) is 53.5 Å². The van der Waals surface area contributed by atoms with Crippen molar-refractivity contribution in [1.29, 1.82) is 0 Å². The first-order chi connectivity index (χ1) is 12.1. The van der Waals surface area contributed by atoms with E-state index in [0.29, 0.717) is 37.7 Å². The van der Waals surface area contributed by atoms with Gasteiger partial charge in [-0.25, -0.2) is 0 Å². The van der Waals surface area contributed by atoms with Crippen LogP contribution in [-0.2, 0) is 15.0 Å². The molecule has 0 saturated carbocycles. The molecular formula is C20H31NO5. The number of hydrogen-bond donors (Lipinski definition) is 2. The van der Waals surface area contributed by atoms with Crippen LogP contribution in [0.25, 0.3) is 0 Å². The minimum atomic E-state index is -0.876. The van der Waals surface area contributed by atoms with Crippen molar-refractivity contribution >= 4 is 11.9 Å². The molecule has 0 radical (unpaired) electrons. The second kappa shape index (κ2) is 8.92. The summed E-state index contributed by atoms with van der Waals surface area (Å²) < 4.78 is 11.2. The van der Waals surface area contributed by atoms with Crippen molar-refractivity contribution in [3.8, 4) is 11.5 Å². The Balaban J connectivity index is 2.89. The van der Waals surface area contributed by atoms with Crippen LogP contribution in [0.2, 0.25) is 0 Å². The Morgan fingerprint density at radius 1 is 1.04 bits per heavy atom. The number of amides is 1. The third-order valence-corrected chi connectivity index (χ3v) is 4.45. The molecule has 0 aliphatic heterocycles. The maximum atomic E-state index is 12.7. The largest absolute Gasteiger partial charge is 0.490 e. The van der Waals surface area contributed by atoms with Crippen molar-refractivity contribution in [2.24, 2.45) is 5.41 Å². The van der Waals surface area contributed by atoms with Gasteiger partial charge in [-0.3, -0.25) is 9.59 Å². The van der Waals surface area contributed by atoms with Gasteiger partial charge in [0.2, 0.25) is 5.91 Å². The van der Waals surface area contributed by atoms with Crippen molar-refractivity contribution in [3.05, 3.63) is 23.8 Å². The van der Waals surface area contributed by atoms with Crippen molar-refractivity contribution in [2.45, 2.75) is 53.4 Å². The molecule has 0 heterocycles. The van der Waals surface area contributed by atoms with Crippen LogP contribution in [0.5, 0.6) is 11.5 Å². The smallest absolute Gasteiger partial charge is 0.309 e. The Kier molecular flexibility index (Phi) is 7.48. The van der Waals surface area contributed by atoms with Gasteiger partial charge in [0.1, 0.15) is 0 Å². The molecule has 1 rings (SSSR count). The minimum absolute atomic E-state index is 0.162. The predicted octanol–water partition coefficient (Wildman–Crippen LogP) is 3.38. The van der Waals surface area contributed by atoms with Crippen LogP contribution in [0.3, 0.4) is 0 Å². The number of carboxylic acids is 1. The van der Waals surface area contributed by atoms with Crippen LogP contribution in [0.15, 0.2) is 18.2 Å². The zero-order valence-corrected chi connectivity index (χ0v) is 16.6. The van der Waals surface area contributed by atoms with Gasteiger partial charge in [0.05, 0.1) is 24.0 Å². The summed E-state index contributed by atoms with van der Waals surface area (Å²) in [5.74, 6) is 0.224. The molecule has 0 aliphatic rings. The van der Waals surface area contributed by atoms with Gasteiger partial charge in [-0.15, -0.1) is 0 Å². The van der Waals surface area contributed by atoms with Gasteiger partial charge in [-0.1, -0.05) is 6.07 Å². The number of hydrogen-bond acceptors (Lipinski definition) is 4. The van der Waals surface area contributed by atoms with Gasteiger partial charge < -0.3 is 19.9 Å². The molecule has 6 heteroatoms. The fraction of sp³-hybridized carbons (Fsp3) is 0.600. The number of carbonyl (C=O) groups excluding carboxylic acids is 1. The molecule has 146 valence electrons. The fourth-order valence-electron chi connectivity index (χ4n) is 2.39. The lowest BCUT2D eigenvalue weighted by Crippen LogP contribution is -2.42. The van der Waals surface area contributed by atoms with Gasteiger partial charge in [-0.2, -0.15) is 0 Å². The van der Waals surface area contributed by atoms with E-state index in [2.05, 4.69) is 5.32 Å². The van der Waals surface area contributed by atoms with Crippen LogP contribution in [0.4, 0.5) is 0 Å². The molecule has 0 spiro atoms. The molecule has 1 aromatic carbocycles. The van der Waals surface area contributed by atoms with Crippen molar-refractivity contribution in [3.63, 3.8) is 0 Å². The van der Waals surface area contributed by atoms with E-state index in [1.165, 1.54) is 0 Å². The number of benzene rings is 1. The predicted molar refractivity (Wildman–Crippen MR) is 101 cm³/mol. The summed E-state index contributed by atoms with van der Waals surface area (Å²) in [6.45, 7) is 12.1. The average Bonchev–Trinajstić information content (AvgIpc) is 2.56. The maximum absolute atomic E-state index is 12.7. The molecule has 0 atom stereocenters. The summed E-state index contributed by atoms with van der Waals surface area (Å²) in [7, 11) is 0. The van der Waals surface area contributed by atoms with Crippen molar-refractivity contribution in [1.82, 2.24) is 5.32 Å². The van der Waals surface area contributed by atoms with Crippen LogP contribution in [0, 0.1) is 5.41 Å². The first kappa shape index (κ1) is 21.8. The van der Waals surface area contributed by atoms with E-state index in [9.17, 15) is 9.59 Å². The van der Waals surface area contributed by atoms with E-state index < -0.39 is 16.8 Å². The molecule has 0 saturated heterocycles. The highest BCUT2D eigenvalue weighted by molar-refractivity contribution is 5.87. The normalized spacial score (nSPS) is 11.8. The number of carbonyl (C=O) groups is 2. The quantitative estimate of drug-likeness (QED) is 0.664. The Hall–Kier alpha value is -2.24. The Morgan fingerprint density at radius 3 is 2.15 bits per heavy atom. The number of carboxylic acid groups (broad SMARTS) is 1. The highest BCUT2D eigenvalue weighted by atomic mass is 16.5. The highest BCUT2D eigenvalue weighted by Gasteiger charge is 2.32. The SMILES string of the molecule is CCOc1ccc(C(C)(C)C(=O)NCCC(C)(C)C(=O)O)cc1OCC. The standard InChI is InChI=1S/C20H31NO5/c1-7-25-15-10-9-14(13-16(15)26-8-2)20(5,6)17(22)21-12-11-19(3,4)18(23)24/h9-10,13H,7-8,11-12H2,1-6H3,(H,21,22)(H,23,24). The van der Waals surface area contributed by atoms with E-state index in [-0.39, 0.29) is 5.91 Å². The summed E-state index contributed by atoms with van der Waals surface area (Å²) >= 11 is 0. The van der Waals surface area contributed by atoms with Gasteiger partial charge in [0.25, 0.3) is 0 Å². The lowest BCUT2D eigenvalue weighted by atomic mass is 9.83. The molecule has 1 aromatic rings. The van der Waals surface area contributed by atoms with Gasteiger partial charge in [0.15, 0.2) is 11.5 Å². The fourth-order valence-corrected chi connectivity index (χ4v) is 2.39. The zero-order chi connectivity index (χ0) is 20.0. The van der Waals surface area contributed by atoms with Crippen molar-refractivity contribution < 1.29 is 24.2 Å². The summed E-state index contributed by atoms with van der Waals surface area (Å²) in [4.78, 5) is 23.8. The molecule has 0 aromatic heterocycles. The second-order valence-electron chi connectivity index (χ2n) is 7.35. The zero-order valence-electron chi connectivity index (χ0n) is 16.6. The molecule has 0 unspecified atom stereocenters. The molecule has 0 aliphatic carbocycles. The topological polar surface area (TPSA) is 84.9 Å². The molecule has 2 N–H and O–H groups in total. The lowest BCUT2D eigenvalue weighted by molar-refractivity contribution is -0.147. The Labute approximate surface area is 155 Å². The van der Waals surface area contributed by atoms with Gasteiger partial charge >= 0.3 is 5.97 Å². The molecule has 1 amide bonds. The highest BCUT2D eigenvalue weighted by Crippen LogP contribution is 2.34. The van der Waals surface area contributed by atoms with Crippen molar-refractivity contribution in [2.75, 3.05) is 19.8 Å². The third-order valence-electron chi connectivity index (χ3n) is 4.45. The monoisotopic (exact) mass is 365 g/mol. The number of nitrogens with one attached hydrogen (secondary N) is 1. The molecule has 0 fully saturated rings. The van der Waals surface area contributed by atoms with Gasteiger partial charge in [-0.05, 0) is 65.7 Å². The third kappa shape index (κ3) is 5.38.